The Morgan fingerprint density at radius 1 is 0.727 bits per heavy atom. The Hall–Kier alpha value is -3.02. The van der Waals surface area contributed by atoms with Gasteiger partial charge < -0.3 is 24.4 Å². The van der Waals surface area contributed by atoms with E-state index in [1.165, 1.54) is 0 Å². The number of nitrogens with zero attached hydrogens (tertiary/aromatic N) is 2. The molecule has 2 aliphatic heterocycles. The molecule has 1 N–H and O–H groups in total. The van der Waals surface area contributed by atoms with Crippen LogP contribution in [0.3, 0.4) is 0 Å². The van der Waals surface area contributed by atoms with E-state index in [1.807, 2.05) is 18.2 Å². The highest BCUT2D eigenvalue weighted by atomic mass is 16.6. The number of hydrogen-bond acceptors (Lipinski definition) is 5. The van der Waals surface area contributed by atoms with Crippen molar-refractivity contribution in [1.82, 2.24) is 0 Å². The van der Waals surface area contributed by atoms with Crippen molar-refractivity contribution in [3.8, 4) is 11.5 Å². The van der Waals surface area contributed by atoms with E-state index in [1.54, 1.807) is 0 Å². The van der Waals surface area contributed by atoms with Crippen molar-refractivity contribution in [3.63, 3.8) is 0 Å². The molecule has 5 nitrogen and oxygen atoms in total. The van der Waals surface area contributed by atoms with Gasteiger partial charge in [-0.2, -0.15) is 0 Å². The summed E-state index contributed by atoms with van der Waals surface area (Å²) in [5.74, 6) is 1.54. The number of aliphatic hydroxyl groups excluding tert-OH is 1. The Labute approximate surface area is 196 Å². The third-order valence-electron chi connectivity index (χ3n) is 7.06. The summed E-state index contributed by atoms with van der Waals surface area (Å²) in [6.45, 7) is 12.3. The van der Waals surface area contributed by atoms with Crippen LogP contribution >= 0.6 is 0 Å². The Morgan fingerprint density at radius 2 is 1.24 bits per heavy atom. The van der Waals surface area contributed by atoms with Crippen LogP contribution < -0.4 is 14.5 Å². The molecule has 33 heavy (non-hydrogen) atoms. The summed E-state index contributed by atoms with van der Waals surface area (Å²) in [5.41, 5.74) is 4.93. The molecule has 3 aromatic carbocycles. The van der Waals surface area contributed by atoms with Crippen molar-refractivity contribution in [3.05, 3.63) is 82.9 Å². The second-order valence-electron chi connectivity index (χ2n) is 8.55. The molecule has 0 amide bonds. The Morgan fingerprint density at radius 3 is 1.76 bits per heavy atom. The highest BCUT2D eigenvalue weighted by Gasteiger charge is 2.52. The first-order valence-corrected chi connectivity index (χ1v) is 12.0. The van der Waals surface area contributed by atoms with Gasteiger partial charge in [0.05, 0.1) is 0 Å². The van der Waals surface area contributed by atoms with Crippen molar-refractivity contribution in [2.75, 3.05) is 36.0 Å². The summed E-state index contributed by atoms with van der Waals surface area (Å²) in [6.07, 6.45) is -0.995. The maximum absolute atomic E-state index is 10.9. The van der Waals surface area contributed by atoms with Gasteiger partial charge >= 0.3 is 0 Å². The van der Waals surface area contributed by atoms with Gasteiger partial charge in [-0.25, -0.2) is 0 Å². The van der Waals surface area contributed by atoms with E-state index in [0.717, 1.165) is 71.3 Å². The minimum Gasteiger partial charge on any atom is -0.456 e. The number of fused-ring (bicyclic) bond motifs is 6. The number of ether oxygens (including phenoxy) is 2. The molecule has 2 heterocycles. The van der Waals surface area contributed by atoms with Crippen LogP contribution in [0.1, 0.15) is 56.2 Å². The van der Waals surface area contributed by atoms with Gasteiger partial charge in [0.2, 0.25) is 0 Å². The molecule has 1 unspecified atom stereocenters. The maximum Gasteiger partial charge on any atom is 0.183 e. The molecule has 0 saturated heterocycles. The lowest BCUT2D eigenvalue weighted by Gasteiger charge is -2.38. The van der Waals surface area contributed by atoms with Crippen molar-refractivity contribution in [2.24, 2.45) is 0 Å². The van der Waals surface area contributed by atoms with E-state index < -0.39 is 11.9 Å². The van der Waals surface area contributed by atoms with E-state index in [0.29, 0.717) is 0 Å². The third kappa shape index (κ3) is 3.22. The zero-order valence-corrected chi connectivity index (χ0v) is 19.8. The van der Waals surface area contributed by atoms with Gasteiger partial charge in [0.15, 0.2) is 11.9 Å². The minimum absolute atomic E-state index is 0.771. The number of benzene rings is 3. The van der Waals surface area contributed by atoms with Crippen LogP contribution in [0.4, 0.5) is 11.4 Å². The zero-order valence-electron chi connectivity index (χ0n) is 19.8. The SMILES string of the molecule is CCN(CC)c1ccc2c(c1)Oc1cc(N(CC)CC)ccc1C21OC(O)c2ccccc21. The summed E-state index contributed by atoms with van der Waals surface area (Å²) < 4.78 is 13.0. The Balaban J connectivity index is 1.75. The average Bonchev–Trinajstić information content (AvgIpc) is 3.13. The first-order chi connectivity index (χ1) is 16.1. The molecule has 3 aromatic rings. The fourth-order valence-electron chi connectivity index (χ4n) is 5.35. The molecule has 1 atom stereocenters. The molecule has 1 spiro atoms. The van der Waals surface area contributed by atoms with E-state index in [-0.39, 0.29) is 0 Å². The number of rotatable bonds is 6. The van der Waals surface area contributed by atoms with Gasteiger partial charge in [-0.15, -0.1) is 0 Å². The molecule has 172 valence electrons. The van der Waals surface area contributed by atoms with Gasteiger partial charge in [0, 0.05) is 71.9 Å². The summed E-state index contributed by atoms with van der Waals surface area (Å²) in [7, 11) is 0. The maximum atomic E-state index is 10.9. The molecule has 0 aromatic heterocycles. The normalized spacial score (nSPS) is 17.2. The van der Waals surface area contributed by atoms with Gasteiger partial charge in [-0.05, 0) is 52.0 Å². The van der Waals surface area contributed by atoms with Crippen LogP contribution in [0.15, 0.2) is 60.7 Å². The summed E-state index contributed by atoms with van der Waals surface area (Å²) in [5, 5.41) is 10.9. The molecule has 5 rings (SSSR count). The zero-order chi connectivity index (χ0) is 23.2. The highest BCUT2D eigenvalue weighted by Crippen LogP contribution is 2.59. The number of anilines is 2. The number of hydrogen-bond donors (Lipinski definition) is 1. The fraction of sp³-hybridized carbons (Fsp3) is 0.357. The molecule has 5 heteroatoms. The van der Waals surface area contributed by atoms with Crippen LogP contribution in [0, 0.1) is 0 Å². The predicted molar refractivity (Wildman–Crippen MR) is 132 cm³/mol. The van der Waals surface area contributed by atoms with E-state index in [2.05, 4.69) is 80.0 Å². The second-order valence-corrected chi connectivity index (χ2v) is 8.55. The minimum atomic E-state index is -0.995. The van der Waals surface area contributed by atoms with Gasteiger partial charge in [-0.1, -0.05) is 24.3 Å². The lowest BCUT2D eigenvalue weighted by molar-refractivity contribution is -0.142. The topological polar surface area (TPSA) is 45.2 Å². The van der Waals surface area contributed by atoms with Crippen molar-refractivity contribution in [2.45, 2.75) is 39.6 Å². The second kappa shape index (κ2) is 8.40. The first kappa shape index (κ1) is 21.8. The van der Waals surface area contributed by atoms with Crippen LogP contribution in [0.5, 0.6) is 11.5 Å². The molecule has 0 aliphatic carbocycles. The molecular formula is C28H32N2O3. The summed E-state index contributed by atoms with van der Waals surface area (Å²) in [6, 6.07) is 20.6. The Kier molecular flexibility index (Phi) is 5.55. The highest BCUT2D eigenvalue weighted by molar-refractivity contribution is 5.69. The van der Waals surface area contributed by atoms with Crippen LogP contribution in [-0.2, 0) is 10.3 Å². The van der Waals surface area contributed by atoms with Crippen LogP contribution in [0.25, 0.3) is 0 Å². The van der Waals surface area contributed by atoms with Crippen molar-refractivity contribution < 1.29 is 14.6 Å². The molecule has 0 radical (unpaired) electrons. The molecule has 0 saturated carbocycles. The molecule has 0 fully saturated rings. The first-order valence-electron chi connectivity index (χ1n) is 12.0. The molecule has 0 bridgehead atoms. The standard InChI is InChI=1S/C28H32N2O3/c1-5-29(6-2)19-13-15-23-25(17-19)32-26-18-20(30(7-3)8-4)14-16-24(26)28(23)22-12-10-9-11-21(22)27(31)33-28/h9-18,27,31H,5-8H2,1-4H3. The smallest absolute Gasteiger partial charge is 0.183 e. The Bertz CT molecular complexity index is 1110. The average molecular weight is 445 g/mol. The molecule has 2 aliphatic rings. The van der Waals surface area contributed by atoms with Crippen molar-refractivity contribution >= 4 is 11.4 Å². The van der Waals surface area contributed by atoms with Gasteiger partial charge in [0.1, 0.15) is 11.5 Å². The van der Waals surface area contributed by atoms with Crippen LogP contribution in [-0.4, -0.2) is 31.3 Å². The van der Waals surface area contributed by atoms with Gasteiger partial charge in [-0.3, -0.25) is 0 Å². The predicted octanol–water partition coefficient (Wildman–Crippen LogP) is 5.80. The van der Waals surface area contributed by atoms with Crippen molar-refractivity contribution in [1.29, 1.82) is 0 Å². The largest absolute Gasteiger partial charge is 0.456 e. The van der Waals surface area contributed by atoms with E-state index in [9.17, 15) is 5.11 Å². The summed E-state index contributed by atoms with van der Waals surface area (Å²) in [4.78, 5) is 4.60. The van der Waals surface area contributed by atoms with Crippen LogP contribution in [0.2, 0.25) is 0 Å². The van der Waals surface area contributed by atoms with Gasteiger partial charge in [0.25, 0.3) is 0 Å². The number of aliphatic hydroxyl groups is 1. The van der Waals surface area contributed by atoms with E-state index in [4.69, 9.17) is 9.47 Å². The molecular weight excluding hydrogens is 412 g/mol. The lowest BCUT2D eigenvalue weighted by atomic mass is 9.77. The quantitative estimate of drug-likeness (QED) is 0.521. The monoisotopic (exact) mass is 444 g/mol. The lowest BCUT2D eigenvalue weighted by Crippen LogP contribution is -2.33. The third-order valence-corrected chi connectivity index (χ3v) is 7.06. The summed E-state index contributed by atoms with van der Waals surface area (Å²) >= 11 is 0. The fourth-order valence-corrected chi connectivity index (χ4v) is 5.35. The van der Waals surface area contributed by atoms with E-state index >= 15 is 0 Å².